The highest BCUT2D eigenvalue weighted by Crippen LogP contribution is 2.26. The van der Waals surface area contributed by atoms with Crippen molar-refractivity contribution >= 4 is 34.2 Å². The highest BCUT2D eigenvalue weighted by Gasteiger charge is 2.10. The number of nitrogens with zero attached hydrogens (tertiary/aromatic N) is 2. The molecule has 0 unspecified atom stereocenters. The molecule has 19 heavy (non-hydrogen) atoms. The lowest BCUT2D eigenvalue weighted by molar-refractivity contribution is 0.242. The minimum atomic E-state index is 0.137. The molecule has 0 bridgehead atoms. The zero-order chi connectivity index (χ0) is 14.0. The standard InChI is InChI=1S/C14H14ClIN2O/c1-8(2)19-11-6-4-5-10(7-11)14-17-9(3)12(16)13(15)18-14/h4-8H,1-3H3. The molecule has 0 fully saturated rings. The number of halogens is 2. The van der Waals surface area contributed by atoms with Gasteiger partial charge < -0.3 is 4.74 Å². The average Bonchev–Trinajstić information content (AvgIpc) is 2.35. The topological polar surface area (TPSA) is 35.0 Å². The Labute approximate surface area is 131 Å². The van der Waals surface area contributed by atoms with Crippen LogP contribution in [0.15, 0.2) is 24.3 Å². The molecule has 0 saturated heterocycles. The molecule has 0 aliphatic rings. The van der Waals surface area contributed by atoms with Crippen molar-refractivity contribution in [1.82, 2.24) is 9.97 Å². The van der Waals surface area contributed by atoms with Crippen molar-refractivity contribution in [2.75, 3.05) is 0 Å². The van der Waals surface area contributed by atoms with E-state index in [1.54, 1.807) is 0 Å². The van der Waals surface area contributed by atoms with Gasteiger partial charge in [-0.15, -0.1) is 0 Å². The molecule has 100 valence electrons. The van der Waals surface area contributed by atoms with Gasteiger partial charge in [0.25, 0.3) is 0 Å². The third kappa shape index (κ3) is 3.57. The summed E-state index contributed by atoms with van der Waals surface area (Å²) in [5.74, 6) is 1.43. The molecule has 0 aliphatic carbocycles. The Morgan fingerprint density at radius 2 is 2.00 bits per heavy atom. The quantitative estimate of drug-likeness (QED) is 0.574. The lowest BCUT2D eigenvalue weighted by Gasteiger charge is -2.11. The number of hydrogen-bond acceptors (Lipinski definition) is 3. The molecule has 0 saturated carbocycles. The zero-order valence-electron chi connectivity index (χ0n) is 10.9. The summed E-state index contributed by atoms with van der Waals surface area (Å²) in [6.45, 7) is 5.91. The minimum absolute atomic E-state index is 0.137. The Bertz CT molecular complexity index is 579. The fourth-order valence-corrected chi connectivity index (χ4v) is 2.09. The van der Waals surface area contributed by atoms with Gasteiger partial charge in [-0.3, -0.25) is 0 Å². The van der Waals surface area contributed by atoms with Gasteiger partial charge in [-0.05, 0) is 55.5 Å². The molecule has 2 aromatic rings. The molecule has 1 heterocycles. The Morgan fingerprint density at radius 1 is 1.26 bits per heavy atom. The van der Waals surface area contributed by atoms with Crippen molar-refractivity contribution in [3.63, 3.8) is 0 Å². The molecule has 0 spiro atoms. The summed E-state index contributed by atoms with van der Waals surface area (Å²) in [7, 11) is 0. The van der Waals surface area contributed by atoms with Gasteiger partial charge in [0.1, 0.15) is 10.9 Å². The van der Waals surface area contributed by atoms with E-state index >= 15 is 0 Å². The number of hydrogen-bond donors (Lipinski definition) is 0. The zero-order valence-corrected chi connectivity index (χ0v) is 13.9. The van der Waals surface area contributed by atoms with Crippen LogP contribution in [-0.2, 0) is 0 Å². The number of aryl methyl sites for hydroxylation is 1. The minimum Gasteiger partial charge on any atom is -0.491 e. The van der Waals surface area contributed by atoms with E-state index in [0.717, 1.165) is 20.6 Å². The molecule has 3 nitrogen and oxygen atoms in total. The largest absolute Gasteiger partial charge is 0.491 e. The third-order valence-electron chi connectivity index (χ3n) is 2.44. The average molecular weight is 389 g/mol. The first-order valence-electron chi connectivity index (χ1n) is 5.94. The molecule has 0 radical (unpaired) electrons. The number of benzene rings is 1. The van der Waals surface area contributed by atoms with Crippen molar-refractivity contribution in [2.45, 2.75) is 26.9 Å². The van der Waals surface area contributed by atoms with Crippen LogP contribution in [0.3, 0.4) is 0 Å². The predicted molar refractivity (Wildman–Crippen MR) is 85.7 cm³/mol. The monoisotopic (exact) mass is 388 g/mol. The molecule has 0 amide bonds. The van der Waals surface area contributed by atoms with Crippen LogP contribution in [0.4, 0.5) is 0 Å². The summed E-state index contributed by atoms with van der Waals surface area (Å²) in [4.78, 5) is 8.78. The van der Waals surface area contributed by atoms with Crippen molar-refractivity contribution < 1.29 is 4.74 Å². The summed E-state index contributed by atoms with van der Waals surface area (Å²) in [6, 6.07) is 7.73. The molecule has 0 atom stereocenters. The summed E-state index contributed by atoms with van der Waals surface area (Å²) in [6.07, 6.45) is 0.137. The van der Waals surface area contributed by atoms with Gasteiger partial charge in [-0.25, -0.2) is 9.97 Å². The Hall–Kier alpha value is -0.880. The highest BCUT2D eigenvalue weighted by molar-refractivity contribution is 14.1. The second-order valence-corrected chi connectivity index (χ2v) is 5.87. The van der Waals surface area contributed by atoms with Crippen LogP contribution in [-0.4, -0.2) is 16.1 Å². The fraction of sp³-hybridized carbons (Fsp3) is 0.286. The maximum Gasteiger partial charge on any atom is 0.161 e. The second-order valence-electron chi connectivity index (χ2n) is 4.43. The summed E-state index contributed by atoms with van der Waals surface area (Å²) < 4.78 is 6.56. The molecule has 1 aromatic heterocycles. The lowest BCUT2D eigenvalue weighted by atomic mass is 10.2. The van der Waals surface area contributed by atoms with Crippen LogP contribution in [0.2, 0.25) is 5.15 Å². The number of rotatable bonds is 3. The summed E-state index contributed by atoms with van der Waals surface area (Å²) in [5, 5.41) is 0.485. The summed E-state index contributed by atoms with van der Waals surface area (Å²) >= 11 is 8.25. The first-order chi connectivity index (χ1) is 8.97. The molecule has 2 rings (SSSR count). The fourth-order valence-electron chi connectivity index (χ4n) is 1.63. The maximum absolute atomic E-state index is 6.10. The van der Waals surface area contributed by atoms with Gasteiger partial charge in [0.2, 0.25) is 0 Å². The molecular formula is C14H14ClIN2O. The Balaban J connectivity index is 2.41. The van der Waals surface area contributed by atoms with Crippen molar-refractivity contribution in [3.05, 3.63) is 38.7 Å². The molecule has 5 heteroatoms. The third-order valence-corrected chi connectivity index (χ3v) is 4.32. The molecule has 1 aromatic carbocycles. The Morgan fingerprint density at radius 3 is 2.63 bits per heavy atom. The van der Waals surface area contributed by atoms with Crippen molar-refractivity contribution in [1.29, 1.82) is 0 Å². The van der Waals surface area contributed by atoms with E-state index in [1.165, 1.54) is 0 Å². The predicted octanol–water partition coefficient (Wildman–Crippen LogP) is 4.50. The smallest absolute Gasteiger partial charge is 0.161 e. The van der Waals surface area contributed by atoms with Crippen LogP contribution < -0.4 is 4.74 Å². The van der Waals surface area contributed by atoms with Crippen LogP contribution in [0.5, 0.6) is 5.75 Å². The highest BCUT2D eigenvalue weighted by atomic mass is 127. The molecule has 0 aliphatic heterocycles. The SMILES string of the molecule is Cc1nc(-c2cccc(OC(C)C)c2)nc(Cl)c1I. The first-order valence-corrected chi connectivity index (χ1v) is 7.39. The van der Waals surface area contributed by atoms with Crippen LogP contribution in [0.1, 0.15) is 19.5 Å². The number of aromatic nitrogens is 2. The Kier molecular flexibility index (Phi) is 4.62. The van der Waals surface area contributed by atoms with E-state index in [9.17, 15) is 0 Å². The lowest BCUT2D eigenvalue weighted by Crippen LogP contribution is -2.05. The second kappa shape index (κ2) is 6.05. The van der Waals surface area contributed by atoms with Gasteiger partial charge in [0, 0.05) is 5.56 Å². The first kappa shape index (κ1) is 14.5. The maximum atomic E-state index is 6.10. The van der Waals surface area contributed by atoms with E-state index in [4.69, 9.17) is 16.3 Å². The van der Waals surface area contributed by atoms with E-state index in [0.29, 0.717) is 11.0 Å². The van der Waals surface area contributed by atoms with Gasteiger partial charge in [0.05, 0.1) is 15.4 Å². The number of ether oxygens (including phenoxy) is 1. The van der Waals surface area contributed by atoms with E-state index in [1.807, 2.05) is 45.0 Å². The van der Waals surface area contributed by atoms with Crippen LogP contribution in [0, 0.1) is 10.5 Å². The van der Waals surface area contributed by atoms with Crippen molar-refractivity contribution in [2.24, 2.45) is 0 Å². The molecule has 0 N–H and O–H groups in total. The van der Waals surface area contributed by atoms with Crippen LogP contribution >= 0.6 is 34.2 Å². The van der Waals surface area contributed by atoms with E-state index in [2.05, 4.69) is 32.6 Å². The van der Waals surface area contributed by atoms with Gasteiger partial charge in [-0.2, -0.15) is 0 Å². The molecular weight excluding hydrogens is 375 g/mol. The van der Waals surface area contributed by atoms with Gasteiger partial charge in [0.15, 0.2) is 5.82 Å². The normalized spacial score (nSPS) is 10.8. The van der Waals surface area contributed by atoms with Crippen molar-refractivity contribution in [3.8, 4) is 17.1 Å². The van der Waals surface area contributed by atoms with E-state index < -0.39 is 0 Å². The summed E-state index contributed by atoms with van der Waals surface area (Å²) in [5.41, 5.74) is 1.78. The van der Waals surface area contributed by atoms with Crippen LogP contribution in [0.25, 0.3) is 11.4 Å². The van der Waals surface area contributed by atoms with E-state index in [-0.39, 0.29) is 6.10 Å². The van der Waals surface area contributed by atoms with Gasteiger partial charge >= 0.3 is 0 Å². The van der Waals surface area contributed by atoms with Gasteiger partial charge in [-0.1, -0.05) is 23.7 Å².